The molecule has 0 saturated carbocycles. The lowest BCUT2D eigenvalue weighted by Gasteiger charge is -2.14. The third kappa shape index (κ3) is 4.08. The fraction of sp³-hybridized carbons (Fsp3) is 0.176. The first-order valence-electron chi connectivity index (χ1n) is 6.69. The molecule has 0 aromatic heterocycles. The van der Waals surface area contributed by atoms with Crippen LogP contribution in [0.2, 0.25) is 0 Å². The van der Waals surface area contributed by atoms with E-state index >= 15 is 0 Å². The number of nitriles is 1. The maximum absolute atomic E-state index is 11.0. The quantitative estimate of drug-likeness (QED) is 0.898. The van der Waals surface area contributed by atoms with Crippen LogP contribution >= 0.6 is 0 Å². The summed E-state index contributed by atoms with van der Waals surface area (Å²) in [6.45, 7) is 3.48. The summed E-state index contributed by atoms with van der Waals surface area (Å²) in [5.74, 6) is -0.114. The fourth-order valence-corrected chi connectivity index (χ4v) is 1.97. The molecular weight excluding hydrogens is 262 g/mol. The van der Waals surface area contributed by atoms with Crippen molar-refractivity contribution in [2.45, 2.75) is 19.9 Å². The molecular formula is C17H17N3O. The van der Waals surface area contributed by atoms with Gasteiger partial charge in [0.05, 0.1) is 6.07 Å². The molecule has 4 heteroatoms. The lowest BCUT2D eigenvalue weighted by atomic mass is 10.1. The number of amides is 1. The largest absolute Gasteiger partial charge is 0.366 e. The molecule has 1 amide bonds. The summed E-state index contributed by atoms with van der Waals surface area (Å²) in [6, 6.07) is 17.0. The lowest BCUT2D eigenvalue weighted by Crippen LogP contribution is -2.09. The van der Waals surface area contributed by atoms with E-state index in [1.54, 1.807) is 12.1 Å². The number of hydrogen-bond donors (Lipinski definition) is 2. The van der Waals surface area contributed by atoms with Crippen LogP contribution in [0.5, 0.6) is 0 Å². The smallest absolute Gasteiger partial charge is 0.221 e. The summed E-state index contributed by atoms with van der Waals surface area (Å²) in [5, 5.41) is 15.2. The predicted octanol–water partition coefficient (Wildman–Crippen LogP) is 3.63. The molecule has 21 heavy (non-hydrogen) atoms. The van der Waals surface area contributed by atoms with E-state index in [9.17, 15) is 10.1 Å². The molecule has 2 N–H and O–H groups in total. The molecule has 0 heterocycles. The molecule has 0 spiro atoms. The van der Waals surface area contributed by atoms with Crippen molar-refractivity contribution >= 4 is 17.3 Å². The molecule has 4 nitrogen and oxygen atoms in total. The maximum Gasteiger partial charge on any atom is 0.221 e. The zero-order valence-electron chi connectivity index (χ0n) is 12.1. The molecule has 2 aromatic rings. The Bertz CT molecular complexity index is 654. The molecule has 2 rings (SSSR count). The molecule has 2 aromatic carbocycles. The third-order valence-corrected chi connectivity index (χ3v) is 3.06. The van der Waals surface area contributed by atoms with Crippen LogP contribution in [0.25, 0.3) is 0 Å². The summed E-state index contributed by atoms with van der Waals surface area (Å²) < 4.78 is 0. The number of carbonyl (C=O) groups is 1. The van der Waals surface area contributed by atoms with E-state index in [1.165, 1.54) is 12.5 Å². The molecule has 0 radical (unpaired) electrons. The van der Waals surface area contributed by atoms with Crippen LogP contribution in [-0.4, -0.2) is 5.91 Å². The maximum atomic E-state index is 11.0. The van der Waals surface area contributed by atoms with Gasteiger partial charge in [-0.1, -0.05) is 29.8 Å². The molecule has 0 bridgehead atoms. The van der Waals surface area contributed by atoms with Crippen molar-refractivity contribution in [3.8, 4) is 6.07 Å². The summed E-state index contributed by atoms with van der Waals surface area (Å²) in [5.41, 5.74) is 3.65. The molecule has 0 fully saturated rings. The molecule has 106 valence electrons. The van der Waals surface area contributed by atoms with E-state index in [1.807, 2.05) is 43.3 Å². The van der Waals surface area contributed by atoms with E-state index in [-0.39, 0.29) is 5.91 Å². The van der Waals surface area contributed by atoms with Gasteiger partial charge in [-0.15, -0.1) is 0 Å². The summed E-state index contributed by atoms with van der Waals surface area (Å²) in [4.78, 5) is 11.0. The van der Waals surface area contributed by atoms with Crippen molar-refractivity contribution in [3.63, 3.8) is 0 Å². The first kappa shape index (κ1) is 14.6. The highest BCUT2D eigenvalue weighted by molar-refractivity contribution is 5.88. The van der Waals surface area contributed by atoms with Crippen molar-refractivity contribution < 1.29 is 4.79 Å². The van der Waals surface area contributed by atoms with Crippen LogP contribution in [-0.2, 0) is 4.79 Å². The number of nitrogens with zero attached hydrogens (tertiary/aromatic N) is 1. The Morgan fingerprint density at radius 3 is 2.14 bits per heavy atom. The highest BCUT2D eigenvalue weighted by atomic mass is 16.1. The summed E-state index contributed by atoms with van der Waals surface area (Å²) in [6.07, 6.45) is 0. The highest BCUT2D eigenvalue weighted by Crippen LogP contribution is 2.21. The average molecular weight is 279 g/mol. The van der Waals surface area contributed by atoms with Crippen LogP contribution in [0.3, 0.4) is 0 Å². The monoisotopic (exact) mass is 279 g/mol. The molecule has 0 aliphatic heterocycles. The van der Waals surface area contributed by atoms with Crippen LogP contribution in [0, 0.1) is 18.3 Å². The van der Waals surface area contributed by atoms with Crippen LogP contribution in [0.1, 0.15) is 24.1 Å². The van der Waals surface area contributed by atoms with Gasteiger partial charge >= 0.3 is 0 Å². The van der Waals surface area contributed by atoms with Crippen LogP contribution < -0.4 is 10.6 Å². The lowest BCUT2D eigenvalue weighted by molar-refractivity contribution is -0.114. The van der Waals surface area contributed by atoms with Crippen molar-refractivity contribution in [3.05, 3.63) is 59.7 Å². The van der Waals surface area contributed by atoms with Gasteiger partial charge in [-0.25, -0.2) is 0 Å². The Balaban J connectivity index is 2.12. The molecule has 0 aliphatic rings. The predicted molar refractivity (Wildman–Crippen MR) is 83.9 cm³/mol. The van der Waals surface area contributed by atoms with Gasteiger partial charge in [0.2, 0.25) is 5.91 Å². The number of aryl methyl sites for hydroxylation is 1. The van der Waals surface area contributed by atoms with Crippen molar-refractivity contribution in [1.29, 1.82) is 5.26 Å². The summed E-state index contributed by atoms with van der Waals surface area (Å²) >= 11 is 0. The molecule has 0 saturated heterocycles. The summed E-state index contributed by atoms with van der Waals surface area (Å²) in [7, 11) is 0. The topological polar surface area (TPSA) is 64.9 Å². The Morgan fingerprint density at radius 1 is 1.05 bits per heavy atom. The molecule has 0 aliphatic carbocycles. The first-order valence-corrected chi connectivity index (χ1v) is 6.69. The number of carbonyl (C=O) groups excluding carboxylic acids is 1. The number of benzene rings is 2. The van der Waals surface area contributed by atoms with Crippen molar-refractivity contribution in [2.75, 3.05) is 10.6 Å². The fourth-order valence-electron chi connectivity index (χ4n) is 1.97. The van der Waals surface area contributed by atoms with E-state index in [0.29, 0.717) is 0 Å². The minimum absolute atomic E-state index is 0.114. The first-order chi connectivity index (χ1) is 10.1. The van der Waals surface area contributed by atoms with E-state index in [2.05, 4.69) is 16.7 Å². The number of anilines is 2. The standard InChI is InChI=1S/C17H17N3O/c1-12-3-7-16(8-4-12)20-17(11-18)14-5-9-15(10-6-14)19-13(2)21/h3-10,17,20H,1-2H3,(H,19,21). The average Bonchev–Trinajstić information content (AvgIpc) is 2.47. The van der Waals surface area contributed by atoms with Gasteiger partial charge in [0.1, 0.15) is 6.04 Å². The van der Waals surface area contributed by atoms with Gasteiger partial charge in [-0.05, 0) is 36.8 Å². The normalized spacial score (nSPS) is 11.3. The minimum atomic E-state index is -0.431. The second kappa shape index (κ2) is 6.58. The van der Waals surface area contributed by atoms with Gasteiger partial charge in [0.25, 0.3) is 0 Å². The van der Waals surface area contributed by atoms with E-state index in [0.717, 1.165) is 16.9 Å². The van der Waals surface area contributed by atoms with Gasteiger partial charge < -0.3 is 10.6 Å². The van der Waals surface area contributed by atoms with Crippen molar-refractivity contribution in [1.82, 2.24) is 0 Å². The van der Waals surface area contributed by atoms with Crippen molar-refractivity contribution in [2.24, 2.45) is 0 Å². The van der Waals surface area contributed by atoms with Gasteiger partial charge in [-0.2, -0.15) is 5.26 Å². The SMILES string of the molecule is CC(=O)Nc1ccc(C(C#N)Nc2ccc(C)cc2)cc1. The molecule has 1 unspecified atom stereocenters. The Morgan fingerprint density at radius 2 is 1.62 bits per heavy atom. The minimum Gasteiger partial charge on any atom is -0.366 e. The second-order valence-electron chi connectivity index (χ2n) is 4.88. The Labute approximate surface area is 124 Å². The van der Waals surface area contributed by atoms with Crippen LogP contribution in [0.4, 0.5) is 11.4 Å². The Hall–Kier alpha value is -2.80. The van der Waals surface area contributed by atoms with Crippen LogP contribution in [0.15, 0.2) is 48.5 Å². The number of nitrogens with one attached hydrogen (secondary N) is 2. The van der Waals surface area contributed by atoms with E-state index in [4.69, 9.17) is 0 Å². The molecule has 1 atom stereocenters. The third-order valence-electron chi connectivity index (χ3n) is 3.06. The second-order valence-corrected chi connectivity index (χ2v) is 4.88. The van der Waals surface area contributed by atoms with Gasteiger partial charge in [0.15, 0.2) is 0 Å². The van der Waals surface area contributed by atoms with E-state index < -0.39 is 6.04 Å². The van der Waals surface area contributed by atoms with Gasteiger partial charge in [0, 0.05) is 18.3 Å². The van der Waals surface area contributed by atoms with Gasteiger partial charge in [-0.3, -0.25) is 4.79 Å². The number of rotatable bonds is 4. The highest BCUT2D eigenvalue weighted by Gasteiger charge is 2.10. The Kier molecular flexibility index (Phi) is 4.57. The zero-order valence-corrected chi connectivity index (χ0v) is 12.1. The zero-order chi connectivity index (χ0) is 15.2. The number of hydrogen-bond acceptors (Lipinski definition) is 3.